The smallest absolute Gasteiger partial charge is 0.254 e. The number of hydrogen-bond donors (Lipinski definition) is 0. The van der Waals surface area contributed by atoms with Crippen LogP contribution in [0.4, 0.5) is 11.4 Å². The van der Waals surface area contributed by atoms with Gasteiger partial charge in [-0.25, -0.2) is 0 Å². The van der Waals surface area contributed by atoms with Gasteiger partial charge >= 0.3 is 0 Å². The molecule has 2 aromatic rings. The predicted octanol–water partition coefficient (Wildman–Crippen LogP) is 6.13. The van der Waals surface area contributed by atoms with Crippen LogP contribution in [0.25, 0.3) is 0 Å². The van der Waals surface area contributed by atoms with E-state index in [1.807, 2.05) is 24.3 Å². The monoisotopic (exact) mass is 335 g/mol. The first kappa shape index (κ1) is 19.0. The molecule has 0 unspecified atom stereocenters. The van der Waals surface area contributed by atoms with Gasteiger partial charge in [-0.2, -0.15) is 0 Å². The van der Waals surface area contributed by atoms with E-state index in [4.69, 9.17) is 0 Å². The van der Waals surface area contributed by atoms with Crippen LogP contribution in [0, 0.1) is 0 Å². The van der Waals surface area contributed by atoms with Crippen LogP contribution in [-0.2, 0) is 15.6 Å². The standard InChI is InChI=1S/C23H29NO/c1-8-21(25)24(19-13-9-17(10-14-19)22(2,3)4)20-15-11-18(12-16-20)23(5,6)7/h8-16H,1H2,2-7H3. The lowest BCUT2D eigenvalue weighted by Gasteiger charge is -2.25. The van der Waals surface area contributed by atoms with Crippen LogP contribution in [0.2, 0.25) is 0 Å². The summed E-state index contributed by atoms with van der Waals surface area (Å²) in [6, 6.07) is 16.3. The van der Waals surface area contributed by atoms with E-state index in [1.54, 1.807) is 4.90 Å². The number of rotatable bonds is 3. The number of benzene rings is 2. The summed E-state index contributed by atoms with van der Waals surface area (Å²) in [5, 5.41) is 0. The van der Waals surface area contributed by atoms with E-state index in [2.05, 4.69) is 72.4 Å². The summed E-state index contributed by atoms with van der Waals surface area (Å²) < 4.78 is 0. The molecule has 0 aromatic heterocycles. The first-order chi connectivity index (χ1) is 11.5. The Bertz CT molecular complexity index is 683. The predicted molar refractivity (Wildman–Crippen MR) is 108 cm³/mol. The topological polar surface area (TPSA) is 20.3 Å². The van der Waals surface area contributed by atoms with E-state index in [0.29, 0.717) is 0 Å². The lowest BCUT2D eigenvalue weighted by molar-refractivity contribution is -0.113. The first-order valence-corrected chi connectivity index (χ1v) is 8.71. The summed E-state index contributed by atoms with van der Waals surface area (Å²) >= 11 is 0. The van der Waals surface area contributed by atoms with Gasteiger partial charge < -0.3 is 0 Å². The summed E-state index contributed by atoms with van der Waals surface area (Å²) in [4.78, 5) is 14.2. The molecule has 0 saturated heterocycles. The van der Waals surface area contributed by atoms with Crippen molar-refractivity contribution in [3.63, 3.8) is 0 Å². The fourth-order valence-electron chi connectivity index (χ4n) is 2.72. The Balaban J connectivity index is 2.43. The van der Waals surface area contributed by atoms with Gasteiger partial charge in [0.15, 0.2) is 0 Å². The summed E-state index contributed by atoms with van der Waals surface area (Å²) in [5.41, 5.74) is 4.35. The number of anilines is 2. The molecular formula is C23H29NO. The van der Waals surface area contributed by atoms with Gasteiger partial charge in [0.25, 0.3) is 5.91 Å². The average molecular weight is 335 g/mol. The summed E-state index contributed by atoms with van der Waals surface area (Å²) in [6.45, 7) is 16.7. The minimum absolute atomic E-state index is 0.0835. The molecule has 1 amide bonds. The van der Waals surface area contributed by atoms with E-state index < -0.39 is 0 Å². The Hall–Kier alpha value is -2.35. The Morgan fingerprint density at radius 1 is 0.760 bits per heavy atom. The number of nitrogens with zero attached hydrogens (tertiary/aromatic N) is 1. The molecule has 0 spiro atoms. The highest BCUT2D eigenvalue weighted by Crippen LogP contribution is 2.31. The van der Waals surface area contributed by atoms with Crippen LogP contribution in [0.15, 0.2) is 61.2 Å². The van der Waals surface area contributed by atoms with Crippen LogP contribution in [0.3, 0.4) is 0 Å². The fourth-order valence-corrected chi connectivity index (χ4v) is 2.72. The van der Waals surface area contributed by atoms with Crippen LogP contribution < -0.4 is 4.90 Å². The molecule has 0 saturated carbocycles. The fraction of sp³-hybridized carbons (Fsp3) is 0.348. The van der Waals surface area contributed by atoms with E-state index in [1.165, 1.54) is 17.2 Å². The first-order valence-electron chi connectivity index (χ1n) is 8.71. The lowest BCUT2D eigenvalue weighted by atomic mass is 9.87. The third-order valence-electron chi connectivity index (χ3n) is 4.38. The Labute approximate surface area is 152 Å². The molecular weight excluding hydrogens is 306 g/mol. The minimum atomic E-state index is -0.132. The largest absolute Gasteiger partial charge is 0.278 e. The third kappa shape index (κ3) is 4.39. The summed E-state index contributed by atoms with van der Waals surface area (Å²) in [7, 11) is 0. The highest BCUT2D eigenvalue weighted by atomic mass is 16.2. The van der Waals surface area contributed by atoms with Crippen molar-refractivity contribution in [2.45, 2.75) is 52.4 Å². The summed E-state index contributed by atoms with van der Waals surface area (Å²) in [6.07, 6.45) is 1.36. The highest BCUT2D eigenvalue weighted by Gasteiger charge is 2.19. The maximum absolute atomic E-state index is 12.5. The minimum Gasteiger partial charge on any atom is -0.278 e. The van der Waals surface area contributed by atoms with Crippen molar-refractivity contribution in [3.05, 3.63) is 72.3 Å². The van der Waals surface area contributed by atoms with Crippen LogP contribution >= 0.6 is 0 Å². The molecule has 25 heavy (non-hydrogen) atoms. The van der Waals surface area contributed by atoms with E-state index in [9.17, 15) is 4.79 Å². The molecule has 0 fully saturated rings. The number of carbonyl (C=O) groups excluding carboxylic acids is 1. The quantitative estimate of drug-likeness (QED) is 0.618. The number of hydrogen-bond acceptors (Lipinski definition) is 1. The zero-order valence-electron chi connectivity index (χ0n) is 16.3. The second-order valence-corrected chi connectivity index (χ2v) is 8.47. The Kier molecular flexibility index (Phi) is 5.22. The maximum Gasteiger partial charge on any atom is 0.254 e. The van der Waals surface area contributed by atoms with Gasteiger partial charge in [0.2, 0.25) is 0 Å². The van der Waals surface area contributed by atoms with Gasteiger partial charge in [0.05, 0.1) is 0 Å². The van der Waals surface area contributed by atoms with Crippen molar-refractivity contribution >= 4 is 17.3 Å². The molecule has 132 valence electrons. The van der Waals surface area contributed by atoms with E-state index in [-0.39, 0.29) is 16.7 Å². The van der Waals surface area contributed by atoms with Crippen molar-refractivity contribution in [2.75, 3.05) is 4.90 Å². The van der Waals surface area contributed by atoms with Gasteiger partial charge in [-0.05, 0) is 52.3 Å². The molecule has 0 heterocycles. The third-order valence-corrected chi connectivity index (χ3v) is 4.38. The molecule has 0 atom stereocenters. The van der Waals surface area contributed by atoms with Gasteiger partial charge in [-0.15, -0.1) is 0 Å². The van der Waals surface area contributed by atoms with Crippen molar-refractivity contribution in [2.24, 2.45) is 0 Å². The van der Waals surface area contributed by atoms with Crippen LogP contribution in [0.1, 0.15) is 52.7 Å². The zero-order valence-corrected chi connectivity index (χ0v) is 16.3. The second kappa shape index (κ2) is 6.87. The van der Waals surface area contributed by atoms with Crippen molar-refractivity contribution in [1.82, 2.24) is 0 Å². The van der Waals surface area contributed by atoms with Gasteiger partial charge in [0.1, 0.15) is 0 Å². The van der Waals surface area contributed by atoms with Crippen molar-refractivity contribution in [3.8, 4) is 0 Å². The molecule has 0 aliphatic carbocycles. The van der Waals surface area contributed by atoms with Crippen LogP contribution in [0.5, 0.6) is 0 Å². The van der Waals surface area contributed by atoms with E-state index >= 15 is 0 Å². The van der Waals surface area contributed by atoms with Gasteiger partial charge in [-0.3, -0.25) is 9.69 Å². The maximum atomic E-state index is 12.5. The zero-order chi connectivity index (χ0) is 18.8. The normalized spacial score (nSPS) is 11.9. The Morgan fingerprint density at radius 3 is 1.32 bits per heavy atom. The highest BCUT2D eigenvalue weighted by molar-refractivity contribution is 6.06. The summed E-state index contributed by atoms with van der Waals surface area (Å²) in [5.74, 6) is -0.132. The van der Waals surface area contributed by atoms with Crippen LogP contribution in [-0.4, -0.2) is 5.91 Å². The molecule has 0 bridgehead atoms. The van der Waals surface area contributed by atoms with E-state index in [0.717, 1.165) is 11.4 Å². The molecule has 2 heteroatoms. The molecule has 2 rings (SSSR count). The van der Waals surface area contributed by atoms with Gasteiger partial charge in [0, 0.05) is 11.4 Å². The van der Waals surface area contributed by atoms with Crippen molar-refractivity contribution in [1.29, 1.82) is 0 Å². The number of amides is 1. The molecule has 2 aromatic carbocycles. The number of carbonyl (C=O) groups is 1. The van der Waals surface area contributed by atoms with Gasteiger partial charge in [-0.1, -0.05) is 72.4 Å². The average Bonchev–Trinajstić information content (AvgIpc) is 2.54. The molecule has 0 aliphatic heterocycles. The lowest BCUT2D eigenvalue weighted by Crippen LogP contribution is -2.24. The molecule has 0 N–H and O–H groups in total. The van der Waals surface area contributed by atoms with Crippen molar-refractivity contribution < 1.29 is 4.79 Å². The second-order valence-electron chi connectivity index (χ2n) is 8.47. The molecule has 2 nitrogen and oxygen atoms in total. The molecule has 0 radical (unpaired) electrons. The SMILES string of the molecule is C=CC(=O)N(c1ccc(C(C)(C)C)cc1)c1ccc(C(C)(C)C)cc1. The molecule has 0 aliphatic rings. The Morgan fingerprint density at radius 2 is 1.08 bits per heavy atom.